The Morgan fingerprint density at radius 1 is 1.19 bits per heavy atom. The maximum Gasteiger partial charge on any atom is 0.199 e. The van der Waals surface area contributed by atoms with E-state index < -0.39 is 0 Å². The van der Waals surface area contributed by atoms with E-state index in [2.05, 4.69) is 0 Å². The highest BCUT2D eigenvalue weighted by atomic mass is 16.7. The van der Waals surface area contributed by atoms with Crippen LogP contribution >= 0.6 is 0 Å². The van der Waals surface area contributed by atoms with Gasteiger partial charge >= 0.3 is 0 Å². The van der Waals surface area contributed by atoms with Crippen LogP contribution in [-0.4, -0.2) is 30.9 Å². The number of phenols is 1. The first-order valence-corrected chi connectivity index (χ1v) is 8.63. The number of ketones is 1. The Kier molecular flexibility index (Phi) is 5.92. The summed E-state index contributed by atoms with van der Waals surface area (Å²) in [4.78, 5) is 12.3. The first kappa shape index (κ1) is 18.0. The Labute approximate surface area is 152 Å². The maximum absolute atomic E-state index is 12.3. The van der Waals surface area contributed by atoms with Gasteiger partial charge in [0, 0.05) is 12.5 Å². The summed E-state index contributed by atoms with van der Waals surface area (Å²) in [6.45, 7) is 0.726. The van der Waals surface area contributed by atoms with Gasteiger partial charge in [-0.05, 0) is 48.7 Å². The highest BCUT2D eigenvalue weighted by Gasteiger charge is 2.15. The Balaban J connectivity index is 1.68. The zero-order valence-electron chi connectivity index (χ0n) is 14.7. The molecule has 136 valence electrons. The Morgan fingerprint density at radius 3 is 2.81 bits per heavy atom. The molecule has 3 rings (SSSR count). The van der Waals surface area contributed by atoms with E-state index in [1.54, 1.807) is 18.2 Å². The van der Waals surface area contributed by atoms with E-state index in [0.29, 0.717) is 11.5 Å². The monoisotopic (exact) mass is 354 g/mol. The lowest BCUT2D eigenvalue weighted by molar-refractivity contribution is -0.105. The van der Waals surface area contributed by atoms with E-state index in [9.17, 15) is 9.90 Å². The topological polar surface area (TPSA) is 65.0 Å². The van der Waals surface area contributed by atoms with Gasteiger partial charge in [0.25, 0.3) is 0 Å². The number of hydrogen-bond donors (Lipinski definition) is 1. The summed E-state index contributed by atoms with van der Waals surface area (Å²) < 4.78 is 16.4. The first-order valence-electron chi connectivity index (χ1n) is 8.63. The molecule has 0 amide bonds. The second-order valence-corrected chi connectivity index (χ2v) is 6.07. The lowest BCUT2D eigenvalue weighted by Crippen LogP contribution is -2.24. The average Bonchev–Trinajstić information content (AvgIpc) is 2.67. The Bertz CT molecular complexity index is 791. The van der Waals surface area contributed by atoms with Gasteiger partial charge in [0.2, 0.25) is 0 Å². The van der Waals surface area contributed by atoms with Crippen molar-refractivity contribution in [3.05, 3.63) is 59.7 Å². The summed E-state index contributed by atoms with van der Waals surface area (Å²) in [6.07, 6.45) is 5.97. The van der Waals surface area contributed by atoms with Gasteiger partial charge in [0.15, 0.2) is 12.1 Å². The molecule has 5 nitrogen and oxygen atoms in total. The number of aromatic hydroxyl groups is 1. The van der Waals surface area contributed by atoms with Gasteiger partial charge in [0.05, 0.1) is 19.3 Å². The van der Waals surface area contributed by atoms with Gasteiger partial charge in [-0.2, -0.15) is 0 Å². The molecule has 1 atom stereocenters. The second kappa shape index (κ2) is 8.54. The van der Waals surface area contributed by atoms with Crippen LogP contribution in [0.25, 0.3) is 6.08 Å². The SMILES string of the molecule is COc1ccc(C(=O)/C=C/c2cccc(OC3CCCCO3)c2)c(O)c1. The number of carbonyl (C=O) groups is 1. The summed E-state index contributed by atoms with van der Waals surface area (Å²) in [7, 11) is 1.50. The molecule has 2 aromatic rings. The minimum Gasteiger partial charge on any atom is -0.507 e. The molecule has 1 fully saturated rings. The van der Waals surface area contributed by atoms with Crippen molar-refractivity contribution in [1.29, 1.82) is 0 Å². The predicted molar refractivity (Wildman–Crippen MR) is 98.7 cm³/mol. The number of benzene rings is 2. The van der Waals surface area contributed by atoms with E-state index in [1.165, 1.54) is 19.3 Å². The van der Waals surface area contributed by atoms with Crippen LogP contribution in [0.5, 0.6) is 17.2 Å². The lowest BCUT2D eigenvalue weighted by atomic mass is 10.1. The molecule has 1 aliphatic heterocycles. The summed E-state index contributed by atoms with van der Waals surface area (Å²) in [5.41, 5.74) is 1.06. The van der Waals surface area contributed by atoms with Crippen molar-refractivity contribution in [2.45, 2.75) is 25.6 Å². The van der Waals surface area contributed by atoms with Crippen LogP contribution in [0.4, 0.5) is 0 Å². The number of hydrogen-bond acceptors (Lipinski definition) is 5. The van der Waals surface area contributed by atoms with Crippen LogP contribution in [0.15, 0.2) is 48.5 Å². The van der Waals surface area contributed by atoms with Gasteiger partial charge in [-0.1, -0.05) is 18.2 Å². The molecule has 1 saturated heterocycles. The minimum absolute atomic E-state index is 0.106. The van der Waals surface area contributed by atoms with Crippen LogP contribution in [0.3, 0.4) is 0 Å². The van der Waals surface area contributed by atoms with Crippen LogP contribution in [0, 0.1) is 0 Å². The highest BCUT2D eigenvalue weighted by molar-refractivity contribution is 6.08. The van der Waals surface area contributed by atoms with Crippen LogP contribution in [0.1, 0.15) is 35.2 Å². The fourth-order valence-corrected chi connectivity index (χ4v) is 2.76. The molecule has 0 bridgehead atoms. The van der Waals surface area contributed by atoms with Crippen LogP contribution in [-0.2, 0) is 4.74 Å². The molecule has 5 heteroatoms. The van der Waals surface area contributed by atoms with Crippen molar-refractivity contribution in [1.82, 2.24) is 0 Å². The molecule has 2 aromatic carbocycles. The quantitative estimate of drug-likeness (QED) is 0.622. The van der Waals surface area contributed by atoms with Crippen molar-refractivity contribution < 1.29 is 24.1 Å². The molecule has 0 spiro atoms. The van der Waals surface area contributed by atoms with Gasteiger partial charge in [-0.3, -0.25) is 4.79 Å². The number of phenolic OH excluding ortho intramolecular Hbond substituents is 1. The minimum atomic E-state index is -0.285. The molecule has 0 saturated carbocycles. The molecule has 1 N–H and O–H groups in total. The van der Waals surface area contributed by atoms with Crippen molar-refractivity contribution in [2.75, 3.05) is 13.7 Å². The fraction of sp³-hybridized carbons (Fsp3) is 0.286. The zero-order valence-corrected chi connectivity index (χ0v) is 14.7. The molecule has 0 aliphatic carbocycles. The first-order chi connectivity index (χ1) is 12.7. The molecular weight excluding hydrogens is 332 g/mol. The van der Waals surface area contributed by atoms with Gasteiger partial charge in [-0.15, -0.1) is 0 Å². The second-order valence-electron chi connectivity index (χ2n) is 6.07. The van der Waals surface area contributed by atoms with Crippen molar-refractivity contribution in [3.8, 4) is 17.2 Å². The highest BCUT2D eigenvalue weighted by Crippen LogP contribution is 2.25. The molecule has 1 unspecified atom stereocenters. The molecular formula is C21H22O5. The third-order valence-corrected chi connectivity index (χ3v) is 4.16. The fourth-order valence-electron chi connectivity index (χ4n) is 2.76. The average molecular weight is 354 g/mol. The van der Waals surface area contributed by atoms with Gasteiger partial charge in [-0.25, -0.2) is 0 Å². The zero-order chi connectivity index (χ0) is 18.4. The van der Waals surface area contributed by atoms with Crippen LogP contribution in [0.2, 0.25) is 0 Å². The lowest BCUT2D eigenvalue weighted by Gasteiger charge is -2.23. The number of allylic oxidation sites excluding steroid dienone is 1. The molecule has 1 aliphatic rings. The number of carbonyl (C=O) groups excluding carboxylic acids is 1. The summed E-state index contributed by atoms with van der Waals surface area (Å²) in [5, 5.41) is 9.95. The van der Waals surface area contributed by atoms with E-state index in [0.717, 1.165) is 31.4 Å². The molecule has 0 aromatic heterocycles. The van der Waals surface area contributed by atoms with Crippen LogP contribution < -0.4 is 9.47 Å². The summed E-state index contributed by atoms with van der Waals surface area (Å²) in [6, 6.07) is 12.1. The van der Waals surface area contributed by atoms with E-state index in [4.69, 9.17) is 14.2 Å². The molecule has 1 heterocycles. The van der Waals surface area contributed by atoms with Crippen molar-refractivity contribution in [2.24, 2.45) is 0 Å². The van der Waals surface area contributed by atoms with Crippen molar-refractivity contribution in [3.63, 3.8) is 0 Å². The normalized spacial score (nSPS) is 17.2. The predicted octanol–water partition coefficient (Wildman–Crippen LogP) is 4.20. The Morgan fingerprint density at radius 2 is 2.08 bits per heavy atom. The van der Waals surface area contributed by atoms with E-state index in [1.807, 2.05) is 24.3 Å². The third kappa shape index (κ3) is 4.64. The third-order valence-electron chi connectivity index (χ3n) is 4.16. The number of ether oxygens (including phenoxy) is 3. The number of methoxy groups -OCH3 is 1. The number of rotatable bonds is 6. The largest absolute Gasteiger partial charge is 0.507 e. The maximum atomic E-state index is 12.3. The molecule has 0 radical (unpaired) electrons. The van der Waals surface area contributed by atoms with E-state index >= 15 is 0 Å². The standard InChI is InChI=1S/C21H22O5/c1-24-16-9-10-18(20(23)14-16)19(22)11-8-15-5-4-6-17(13-15)26-21-7-2-3-12-25-21/h4-6,8-11,13-14,21,23H,2-3,7,12H2,1H3/b11-8+. The summed E-state index contributed by atoms with van der Waals surface area (Å²) in [5.74, 6) is 0.814. The van der Waals surface area contributed by atoms with Gasteiger partial charge < -0.3 is 19.3 Å². The Hall–Kier alpha value is -2.79. The van der Waals surface area contributed by atoms with Gasteiger partial charge in [0.1, 0.15) is 17.2 Å². The smallest absolute Gasteiger partial charge is 0.199 e. The van der Waals surface area contributed by atoms with E-state index in [-0.39, 0.29) is 23.4 Å². The molecule has 26 heavy (non-hydrogen) atoms. The summed E-state index contributed by atoms with van der Waals surface area (Å²) >= 11 is 0. The van der Waals surface area contributed by atoms with Crippen molar-refractivity contribution >= 4 is 11.9 Å².